The van der Waals surface area contributed by atoms with E-state index < -0.39 is 48.2 Å². The van der Waals surface area contributed by atoms with E-state index in [-0.39, 0.29) is 18.8 Å². The molecule has 2 aromatic carbocycles. The summed E-state index contributed by atoms with van der Waals surface area (Å²) >= 11 is 0. The van der Waals surface area contributed by atoms with E-state index in [2.05, 4.69) is 0 Å². The lowest BCUT2D eigenvalue weighted by Gasteiger charge is -2.29. The van der Waals surface area contributed by atoms with Crippen LogP contribution >= 0.6 is 0 Å². The molecule has 184 valence electrons. The van der Waals surface area contributed by atoms with Gasteiger partial charge in [-0.3, -0.25) is 0 Å². The van der Waals surface area contributed by atoms with Gasteiger partial charge in [0.1, 0.15) is 0 Å². The first kappa shape index (κ1) is 26.9. The molecule has 0 saturated carbocycles. The summed E-state index contributed by atoms with van der Waals surface area (Å²) in [6, 6.07) is 8.29. The third-order valence-electron chi connectivity index (χ3n) is 4.83. The Balaban J connectivity index is 2.66. The van der Waals surface area contributed by atoms with Crippen LogP contribution in [0.4, 0.5) is 24.5 Å². The number of aryl methyl sites for hydroxylation is 1. The molecular weight excluding hydrogens is 479 g/mol. The molecule has 0 heterocycles. The number of hydrogen-bond donors (Lipinski definition) is 1. The van der Waals surface area contributed by atoms with Crippen LogP contribution in [-0.4, -0.2) is 40.1 Å². The minimum Gasteiger partial charge on any atom is -0.398 e. The van der Waals surface area contributed by atoms with Gasteiger partial charge in [-0.05, 0) is 55.7 Å². The Kier molecular flexibility index (Phi) is 8.41. The molecule has 0 radical (unpaired) electrons. The summed E-state index contributed by atoms with van der Waals surface area (Å²) in [6.07, 6.45) is -3.85. The first-order valence-corrected chi connectivity index (χ1v) is 13.3. The molecule has 2 rings (SSSR count). The standard InChI is InChI=1S/C21H28F3N3O4S2/c1-4-11-26(12-5-2)32(28,29)15-27(17-8-6-7-16(3)13-17)33(30,31)18-9-10-20(25)19(14-18)21(22,23)24/h6-10,13-14H,4-5,11-12,15,25H2,1-3H3. The maximum Gasteiger partial charge on any atom is 0.418 e. The van der Waals surface area contributed by atoms with Gasteiger partial charge in [-0.2, -0.15) is 13.2 Å². The van der Waals surface area contributed by atoms with Gasteiger partial charge in [0.15, 0.2) is 5.88 Å². The van der Waals surface area contributed by atoms with Crippen molar-refractivity contribution in [2.45, 2.75) is 44.7 Å². The Hall–Kier alpha value is -2.31. The maximum absolute atomic E-state index is 13.5. The van der Waals surface area contributed by atoms with Gasteiger partial charge in [0.25, 0.3) is 10.0 Å². The summed E-state index contributed by atoms with van der Waals surface area (Å²) in [7, 11) is -8.81. The normalized spacial score (nSPS) is 12.8. The average Bonchev–Trinajstić information content (AvgIpc) is 2.71. The summed E-state index contributed by atoms with van der Waals surface area (Å²) in [5.74, 6) is -0.954. The fourth-order valence-electron chi connectivity index (χ4n) is 3.25. The SMILES string of the molecule is CCCN(CCC)S(=O)(=O)CN(c1cccc(C)c1)S(=O)(=O)c1ccc(N)c(C(F)(F)F)c1. The Morgan fingerprint density at radius 2 is 1.55 bits per heavy atom. The molecule has 0 aromatic heterocycles. The van der Waals surface area contributed by atoms with E-state index in [1.54, 1.807) is 32.9 Å². The van der Waals surface area contributed by atoms with Crippen molar-refractivity contribution in [2.24, 2.45) is 0 Å². The summed E-state index contributed by atoms with van der Waals surface area (Å²) in [5.41, 5.74) is 4.14. The average molecular weight is 508 g/mol. The monoisotopic (exact) mass is 507 g/mol. The van der Waals surface area contributed by atoms with E-state index in [9.17, 15) is 30.0 Å². The lowest BCUT2D eigenvalue weighted by atomic mass is 10.2. The zero-order valence-corrected chi connectivity index (χ0v) is 20.3. The van der Waals surface area contributed by atoms with Crippen molar-refractivity contribution in [2.75, 3.05) is 29.0 Å². The van der Waals surface area contributed by atoms with Crippen molar-refractivity contribution in [3.05, 3.63) is 53.6 Å². The van der Waals surface area contributed by atoms with E-state index in [1.165, 1.54) is 16.4 Å². The predicted octanol–water partition coefficient (Wildman–Crippen LogP) is 4.20. The van der Waals surface area contributed by atoms with Crippen LogP contribution in [0.25, 0.3) is 0 Å². The fourth-order valence-corrected chi connectivity index (χ4v) is 6.89. The highest BCUT2D eigenvalue weighted by molar-refractivity contribution is 7.95. The van der Waals surface area contributed by atoms with Crippen molar-refractivity contribution >= 4 is 31.4 Å². The van der Waals surface area contributed by atoms with Crippen LogP contribution in [-0.2, 0) is 26.2 Å². The number of benzene rings is 2. The van der Waals surface area contributed by atoms with Crippen LogP contribution in [0.1, 0.15) is 37.8 Å². The quantitative estimate of drug-likeness (QED) is 0.486. The summed E-state index contributed by atoms with van der Waals surface area (Å²) in [5, 5.41) is 0. The number of hydrogen-bond acceptors (Lipinski definition) is 5. The first-order chi connectivity index (χ1) is 15.2. The number of halogens is 3. The second-order valence-electron chi connectivity index (χ2n) is 7.58. The number of anilines is 2. The molecule has 0 aliphatic carbocycles. The number of nitrogens with two attached hydrogens (primary N) is 1. The van der Waals surface area contributed by atoms with Gasteiger partial charge in [-0.25, -0.2) is 25.4 Å². The van der Waals surface area contributed by atoms with Crippen LogP contribution in [0, 0.1) is 6.92 Å². The smallest absolute Gasteiger partial charge is 0.398 e. The Bertz CT molecular complexity index is 1180. The lowest BCUT2D eigenvalue weighted by Crippen LogP contribution is -2.43. The van der Waals surface area contributed by atoms with Gasteiger partial charge in [0, 0.05) is 18.8 Å². The van der Waals surface area contributed by atoms with Crippen molar-refractivity contribution in [3.8, 4) is 0 Å². The third-order valence-corrected chi connectivity index (χ3v) is 8.50. The highest BCUT2D eigenvalue weighted by atomic mass is 32.2. The second-order valence-corrected chi connectivity index (χ2v) is 11.4. The van der Waals surface area contributed by atoms with Crippen LogP contribution in [0.5, 0.6) is 0 Å². The second kappa shape index (κ2) is 10.3. The van der Waals surface area contributed by atoms with E-state index >= 15 is 0 Å². The number of nitrogen functional groups attached to an aromatic ring is 1. The van der Waals surface area contributed by atoms with E-state index in [0.717, 1.165) is 12.1 Å². The van der Waals surface area contributed by atoms with Crippen LogP contribution < -0.4 is 10.0 Å². The van der Waals surface area contributed by atoms with Crippen LogP contribution in [0.15, 0.2) is 47.4 Å². The Morgan fingerprint density at radius 3 is 2.06 bits per heavy atom. The van der Waals surface area contributed by atoms with Gasteiger partial charge in [-0.15, -0.1) is 0 Å². The molecule has 0 unspecified atom stereocenters. The van der Waals surface area contributed by atoms with Gasteiger partial charge in [0.2, 0.25) is 10.0 Å². The Labute approximate surface area is 193 Å². The molecule has 12 heteroatoms. The molecular formula is C21H28F3N3O4S2. The van der Waals surface area contributed by atoms with E-state index in [4.69, 9.17) is 5.73 Å². The van der Waals surface area contributed by atoms with Crippen molar-refractivity contribution < 1.29 is 30.0 Å². The topological polar surface area (TPSA) is 101 Å². The molecule has 0 bridgehead atoms. The summed E-state index contributed by atoms with van der Waals surface area (Å²) < 4.78 is 95.1. The molecule has 0 aliphatic rings. The van der Waals surface area contributed by atoms with Crippen LogP contribution in [0.2, 0.25) is 0 Å². The highest BCUT2D eigenvalue weighted by Gasteiger charge is 2.37. The summed E-state index contributed by atoms with van der Waals surface area (Å²) in [6.45, 7) is 5.66. The van der Waals surface area contributed by atoms with Gasteiger partial charge < -0.3 is 5.73 Å². The zero-order valence-electron chi connectivity index (χ0n) is 18.6. The lowest BCUT2D eigenvalue weighted by molar-refractivity contribution is -0.137. The summed E-state index contributed by atoms with van der Waals surface area (Å²) in [4.78, 5) is -0.710. The van der Waals surface area contributed by atoms with Crippen LogP contribution in [0.3, 0.4) is 0 Å². The molecule has 0 saturated heterocycles. The third kappa shape index (κ3) is 6.39. The molecule has 0 amide bonds. The molecule has 0 aliphatic heterocycles. The predicted molar refractivity (Wildman–Crippen MR) is 123 cm³/mol. The maximum atomic E-state index is 13.5. The van der Waals surface area contributed by atoms with Crippen molar-refractivity contribution in [1.29, 1.82) is 0 Å². The van der Waals surface area contributed by atoms with E-state index in [1.807, 2.05) is 0 Å². The molecule has 2 N–H and O–H groups in total. The largest absolute Gasteiger partial charge is 0.418 e. The minimum absolute atomic E-state index is 0.0249. The minimum atomic E-state index is -4.88. The molecule has 2 aromatic rings. The first-order valence-electron chi connectivity index (χ1n) is 10.3. The number of alkyl halides is 3. The van der Waals surface area contributed by atoms with Crippen molar-refractivity contribution in [3.63, 3.8) is 0 Å². The molecule has 7 nitrogen and oxygen atoms in total. The van der Waals surface area contributed by atoms with Gasteiger partial charge in [0.05, 0.1) is 16.1 Å². The molecule has 33 heavy (non-hydrogen) atoms. The van der Waals surface area contributed by atoms with Crippen molar-refractivity contribution in [1.82, 2.24) is 4.31 Å². The van der Waals surface area contributed by atoms with Gasteiger partial charge in [-0.1, -0.05) is 26.0 Å². The number of nitrogens with zero attached hydrogens (tertiary/aromatic N) is 2. The number of rotatable bonds is 10. The fraction of sp³-hybridized carbons (Fsp3) is 0.429. The zero-order chi connectivity index (χ0) is 25.0. The number of sulfonamides is 2. The highest BCUT2D eigenvalue weighted by Crippen LogP contribution is 2.36. The Morgan fingerprint density at radius 1 is 0.939 bits per heavy atom. The molecule has 0 spiro atoms. The van der Waals surface area contributed by atoms with E-state index in [0.29, 0.717) is 28.8 Å². The van der Waals surface area contributed by atoms with Gasteiger partial charge >= 0.3 is 6.18 Å². The molecule has 0 fully saturated rings. The molecule has 0 atom stereocenters.